The third kappa shape index (κ3) is 4.89. The number of carbonyl (C=O) groups is 1. The van der Waals surface area contributed by atoms with E-state index >= 15 is 0 Å². The summed E-state index contributed by atoms with van der Waals surface area (Å²) in [6.45, 7) is 5.73. The Bertz CT molecular complexity index is 733. The molecule has 25 heavy (non-hydrogen) atoms. The van der Waals surface area contributed by atoms with Crippen LogP contribution in [0.2, 0.25) is 5.02 Å². The second kappa shape index (κ2) is 8.77. The van der Waals surface area contributed by atoms with Crippen molar-refractivity contribution in [1.29, 1.82) is 0 Å². The van der Waals surface area contributed by atoms with Gasteiger partial charge in [-0.2, -0.15) is 0 Å². The van der Waals surface area contributed by atoms with E-state index in [4.69, 9.17) is 21.1 Å². The minimum Gasteiger partial charge on any atom is -0.496 e. The molecule has 0 fully saturated rings. The Balaban J connectivity index is 2.06. The van der Waals surface area contributed by atoms with E-state index in [0.717, 1.165) is 23.3 Å². The highest BCUT2D eigenvalue weighted by Crippen LogP contribution is 2.26. The van der Waals surface area contributed by atoms with Gasteiger partial charge in [0.2, 0.25) is 0 Å². The number of benzene rings is 2. The van der Waals surface area contributed by atoms with Gasteiger partial charge in [-0.05, 0) is 49.6 Å². The highest BCUT2D eigenvalue weighted by atomic mass is 35.5. The molecule has 0 aromatic heterocycles. The van der Waals surface area contributed by atoms with Crippen LogP contribution in [0.25, 0.3) is 0 Å². The minimum absolute atomic E-state index is 0.0885. The molecule has 4 nitrogen and oxygen atoms in total. The normalized spacial score (nSPS) is 13.0. The van der Waals surface area contributed by atoms with E-state index in [0.29, 0.717) is 10.8 Å². The Morgan fingerprint density at radius 3 is 2.52 bits per heavy atom. The summed E-state index contributed by atoms with van der Waals surface area (Å²) in [6, 6.07) is 13.0. The lowest BCUT2D eigenvalue weighted by atomic mass is 10.0. The lowest BCUT2D eigenvalue weighted by Crippen LogP contribution is -2.38. The Kier molecular flexibility index (Phi) is 6.71. The summed E-state index contributed by atoms with van der Waals surface area (Å²) < 4.78 is 11.0. The van der Waals surface area contributed by atoms with Crippen molar-refractivity contribution < 1.29 is 14.3 Å². The highest BCUT2D eigenvalue weighted by molar-refractivity contribution is 6.32. The summed E-state index contributed by atoms with van der Waals surface area (Å²) in [6.07, 6.45) is 0.129. The SMILES string of the molecule is CC[C@H](NC(=O)[C@@H](C)Oc1ccccc1Cl)c1ccc(OC)c(C)c1. The van der Waals surface area contributed by atoms with E-state index in [1.54, 1.807) is 26.2 Å². The van der Waals surface area contributed by atoms with Gasteiger partial charge in [0, 0.05) is 0 Å². The monoisotopic (exact) mass is 361 g/mol. The van der Waals surface area contributed by atoms with Gasteiger partial charge in [-0.25, -0.2) is 0 Å². The fourth-order valence-electron chi connectivity index (χ4n) is 2.61. The molecule has 0 aliphatic heterocycles. The molecule has 1 N–H and O–H groups in total. The minimum atomic E-state index is -0.645. The highest BCUT2D eigenvalue weighted by Gasteiger charge is 2.20. The number of hydrogen-bond donors (Lipinski definition) is 1. The lowest BCUT2D eigenvalue weighted by molar-refractivity contribution is -0.128. The molecule has 5 heteroatoms. The van der Waals surface area contributed by atoms with Crippen LogP contribution in [0.3, 0.4) is 0 Å². The number of ether oxygens (including phenoxy) is 2. The number of rotatable bonds is 7. The van der Waals surface area contributed by atoms with Crippen LogP contribution in [0.4, 0.5) is 0 Å². The summed E-state index contributed by atoms with van der Waals surface area (Å²) in [5, 5.41) is 3.53. The molecule has 0 saturated heterocycles. The number of halogens is 1. The molecular weight excluding hydrogens is 338 g/mol. The van der Waals surface area contributed by atoms with E-state index in [2.05, 4.69) is 5.32 Å². The van der Waals surface area contributed by atoms with Gasteiger partial charge in [0.05, 0.1) is 18.2 Å². The third-order valence-electron chi connectivity index (χ3n) is 4.06. The second-order valence-electron chi connectivity index (χ2n) is 5.89. The van der Waals surface area contributed by atoms with Crippen molar-refractivity contribution in [2.45, 2.75) is 39.3 Å². The zero-order valence-electron chi connectivity index (χ0n) is 15.0. The van der Waals surface area contributed by atoms with Crippen LogP contribution in [0.15, 0.2) is 42.5 Å². The number of aryl methyl sites for hydroxylation is 1. The Morgan fingerprint density at radius 1 is 1.20 bits per heavy atom. The second-order valence-corrected chi connectivity index (χ2v) is 6.30. The van der Waals surface area contributed by atoms with Crippen molar-refractivity contribution in [3.05, 3.63) is 58.6 Å². The van der Waals surface area contributed by atoms with E-state index in [1.807, 2.05) is 44.2 Å². The van der Waals surface area contributed by atoms with E-state index in [1.165, 1.54) is 0 Å². The molecule has 0 heterocycles. The van der Waals surface area contributed by atoms with Crippen LogP contribution in [-0.2, 0) is 4.79 Å². The van der Waals surface area contributed by atoms with Gasteiger partial charge >= 0.3 is 0 Å². The lowest BCUT2D eigenvalue weighted by Gasteiger charge is -2.22. The molecule has 0 aliphatic rings. The molecule has 2 rings (SSSR count). The molecule has 0 radical (unpaired) electrons. The molecule has 0 bridgehead atoms. The maximum absolute atomic E-state index is 12.5. The molecule has 2 atom stereocenters. The first kappa shape index (κ1) is 19.1. The van der Waals surface area contributed by atoms with Crippen LogP contribution in [0.1, 0.15) is 37.4 Å². The van der Waals surface area contributed by atoms with Crippen molar-refractivity contribution in [3.63, 3.8) is 0 Å². The van der Waals surface area contributed by atoms with Gasteiger partial charge in [-0.15, -0.1) is 0 Å². The van der Waals surface area contributed by atoms with Gasteiger partial charge in [0.1, 0.15) is 11.5 Å². The van der Waals surface area contributed by atoms with E-state index in [9.17, 15) is 4.79 Å². The van der Waals surface area contributed by atoms with Gasteiger partial charge in [-0.3, -0.25) is 4.79 Å². The maximum Gasteiger partial charge on any atom is 0.261 e. The number of amides is 1. The first-order valence-electron chi connectivity index (χ1n) is 8.32. The van der Waals surface area contributed by atoms with E-state index < -0.39 is 6.10 Å². The average molecular weight is 362 g/mol. The molecule has 0 unspecified atom stereocenters. The number of carbonyl (C=O) groups excluding carboxylic acids is 1. The largest absolute Gasteiger partial charge is 0.496 e. The van der Waals surface area contributed by atoms with Crippen LogP contribution in [0.5, 0.6) is 11.5 Å². The molecule has 134 valence electrons. The van der Waals surface area contributed by atoms with Crippen LogP contribution >= 0.6 is 11.6 Å². The Labute approximate surface area is 154 Å². The van der Waals surface area contributed by atoms with Gasteiger partial charge in [-0.1, -0.05) is 42.8 Å². The topological polar surface area (TPSA) is 47.6 Å². The average Bonchev–Trinajstić information content (AvgIpc) is 2.61. The molecule has 0 aliphatic carbocycles. The molecule has 0 spiro atoms. The molecule has 2 aromatic carbocycles. The van der Waals surface area contributed by atoms with Crippen molar-refractivity contribution in [1.82, 2.24) is 5.32 Å². The summed E-state index contributed by atoms with van der Waals surface area (Å²) in [4.78, 5) is 12.5. The summed E-state index contributed by atoms with van der Waals surface area (Å²) in [7, 11) is 1.65. The first-order valence-corrected chi connectivity index (χ1v) is 8.70. The number of methoxy groups -OCH3 is 1. The van der Waals surface area contributed by atoms with Crippen LogP contribution in [0, 0.1) is 6.92 Å². The quantitative estimate of drug-likeness (QED) is 0.778. The van der Waals surface area contributed by atoms with Gasteiger partial charge < -0.3 is 14.8 Å². The standard InChI is InChI=1S/C20H24ClNO3/c1-5-17(15-10-11-18(24-4)13(2)12-15)22-20(23)14(3)25-19-9-7-6-8-16(19)21/h6-12,14,17H,5H2,1-4H3,(H,22,23)/t14-,17+/m1/s1. The summed E-state index contributed by atoms with van der Waals surface area (Å²) in [5.74, 6) is 1.15. The predicted octanol–water partition coefficient (Wildman–Crippen LogP) is 4.69. The number of hydrogen-bond acceptors (Lipinski definition) is 3. The third-order valence-corrected chi connectivity index (χ3v) is 4.37. The molecule has 0 saturated carbocycles. The number of para-hydroxylation sites is 1. The fraction of sp³-hybridized carbons (Fsp3) is 0.350. The van der Waals surface area contributed by atoms with Crippen molar-refractivity contribution >= 4 is 17.5 Å². The summed E-state index contributed by atoms with van der Waals surface area (Å²) in [5.41, 5.74) is 2.08. The zero-order chi connectivity index (χ0) is 18.4. The van der Waals surface area contributed by atoms with E-state index in [-0.39, 0.29) is 11.9 Å². The Hall–Kier alpha value is -2.20. The Morgan fingerprint density at radius 2 is 1.92 bits per heavy atom. The van der Waals surface area contributed by atoms with Crippen molar-refractivity contribution in [2.24, 2.45) is 0 Å². The van der Waals surface area contributed by atoms with Gasteiger partial charge in [0.15, 0.2) is 6.10 Å². The summed E-state index contributed by atoms with van der Waals surface area (Å²) >= 11 is 6.08. The fourth-order valence-corrected chi connectivity index (χ4v) is 2.79. The molecule has 1 amide bonds. The van der Waals surface area contributed by atoms with Crippen LogP contribution < -0.4 is 14.8 Å². The van der Waals surface area contributed by atoms with Crippen molar-refractivity contribution in [2.75, 3.05) is 7.11 Å². The smallest absolute Gasteiger partial charge is 0.261 e. The first-order chi connectivity index (χ1) is 12.0. The predicted molar refractivity (Wildman–Crippen MR) is 100 cm³/mol. The number of nitrogens with one attached hydrogen (secondary N) is 1. The van der Waals surface area contributed by atoms with Gasteiger partial charge in [0.25, 0.3) is 5.91 Å². The molecular formula is C20H24ClNO3. The maximum atomic E-state index is 12.5. The molecule has 2 aromatic rings. The van der Waals surface area contributed by atoms with Crippen molar-refractivity contribution in [3.8, 4) is 11.5 Å². The van der Waals surface area contributed by atoms with Crippen LogP contribution in [-0.4, -0.2) is 19.1 Å². The zero-order valence-corrected chi connectivity index (χ0v) is 15.8.